The average Bonchev–Trinajstić information content (AvgIpc) is 2.52. The predicted molar refractivity (Wildman–Crippen MR) is 70.9 cm³/mol. The fourth-order valence-corrected chi connectivity index (χ4v) is 2.66. The van der Waals surface area contributed by atoms with Crippen LogP contribution in [0.15, 0.2) is 12.3 Å². The van der Waals surface area contributed by atoms with Crippen molar-refractivity contribution in [3.05, 3.63) is 26.1 Å². The summed E-state index contributed by atoms with van der Waals surface area (Å²) in [6, 6.07) is 0. The van der Waals surface area contributed by atoms with Gasteiger partial charge in [0.25, 0.3) is 0 Å². The molecule has 0 N–H and O–H groups in total. The SMILES string of the molecule is C=C1CC(C)(CN(C[CH2-])C[CH2-])CN1CCC.[Y]. The molecule has 2 nitrogen and oxygen atoms in total. The first-order chi connectivity index (χ1) is 7.54. The molecule has 1 aliphatic rings. The molecule has 1 saturated heterocycles. The molecule has 1 radical (unpaired) electrons. The molecule has 97 valence electrons. The first-order valence-electron chi connectivity index (χ1n) is 6.28. The third kappa shape index (κ3) is 5.00. The summed E-state index contributed by atoms with van der Waals surface area (Å²) in [6.45, 7) is 21.7. The van der Waals surface area contributed by atoms with Crippen LogP contribution in [0.3, 0.4) is 0 Å². The van der Waals surface area contributed by atoms with Gasteiger partial charge in [-0.2, -0.15) is 0 Å². The molecule has 17 heavy (non-hydrogen) atoms. The topological polar surface area (TPSA) is 6.48 Å². The van der Waals surface area contributed by atoms with Crippen LogP contribution in [0.2, 0.25) is 0 Å². The number of likely N-dealkylation sites (tertiary alicyclic amines) is 1. The van der Waals surface area contributed by atoms with E-state index in [0.717, 1.165) is 39.1 Å². The molecule has 1 rings (SSSR count). The van der Waals surface area contributed by atoms with Gasteiger partial charge in [0.05, 0.1) is 0 Å². The summed E-state index contributed by atoms with van der Waals surface area (Å²) in [4.78, 5) is 4.74. The maximum atomic E-state index is 4.18. The largest absolute Gasteiger partial charge is 0.375 e. The molecule has 0 aliphatic carbocycles. The molecule has 3 heteroatoms. The summed E-state index contributed by atoms with van der Waals surface area (Å²) in [5.74, 6) is 0. The zero-order valence-corrected chi connectivity index (χ0v) is 14.4. The van der Waals surface area contributed by atoms with Crippen molar-refractivity contribution in [2.75, 3.05) is 32.7 Å². The van der Waals surface area contributed by atoms with E-state index in [1.165, 1.54) is 12.1 Å². The number of hydrogen-bond donors (Lipinski definition) is 0. The maximum absolute atomic E-state index is 4.18. The van der Waals surface area contributed by atoms with Crippen LogP contribution in [0.1, 0.15) is 26.7 Å². The Bertz CT molecular complexity index is 238. The van der Waals surface area contributed by atoms with Gasteiger partial charge in [-0.15, -0.1) is 13.1 Å². The second kappa shape index (κ2) is 7.91. The van der Waals surface area contributed by atoms with Gasteiger partial charge in [0, 0.05) is 63.5 Å². The van der Waals surface area contributed by atoms with E-state index >= 15 is 0 Å². The van der Waals surface area contributed by atoms with E-state index in [9.17, 15) is 0 Å². The van der Waals surface area contributed by atoms with Crippen LogP contribution in [-0.4, -0.2) is 42.5 Å². The number of allylic oxidation sites excluding steroid dienone is 1. The maximum Gasteiger partial charge on any atom is 0.0244 e. The minimum Gasteiger partial charge on any atom is -0.375 e. The van der Waals surface area contributed by atoms with E-state index in [2.05, 4.69) is 44.1 Å². The normalized spacial score (nSPS) is 24.3. The number of hydrogen-bond acceptors (Lipinski definition) is 2. The van der Waals surface area contributed by atoms with Crippen LogP contribution >= 0.6 is 0 Å². The molecule has 1 heterocycles. The van der Waals surface area contributed by atoms with Gasteiger partial charge in [-0.3, -0.25) is 0 Å². The van der Waals surface area contributed by atoms with Crippen LogP contribution in [0.5, 0.6) is 0 Å². The Morgan fingerprint density at radius 2 is 2.00 bits per heavy atom. The quantitative estimate of drug-likeness (QED) is 0.696. The second-order valence-electron chi connectivity index (χ2n) is 5.25. The minimum atomic E-state index is 0. The average molecular weight is 311 g/mol. The van der Waals surface area contributed by atoms with Gasteiger partial charge in [-0.1, -0.05) is 20.4 Å². The van der Waals surface area contributed by atoms with Crippen LogP contribution in [0.4, 0.5) is 0 Å². The van der Waals surface area contributed by atoms with Gasteiger partial charge in [-0.25, -0.2) is 0 Å². The minimum absolute atomic E-state index is 0. The standard InChI is InChI=1S/C14H26N2.Y/c1-6-9-16-12-14(5,10-13(16)4)11-15(7-2)8-3;/h2-4,6-12H2,1,5H3;/q-2;. The Balaban J connectivity index is 0.00000256. The van der Waals surface area contributed by atoms with Crippen LogP contribution < -0.4 is 0 Å². The monoisotopic (exact) mass is 311 g/mol. The Morgan fingerprint density at radius 3 is 2.47 bits per heavy atom. The van der Waals surface area contributed by atoms with Gasteiger partial charge in [-0.05, 0) is 12.8 Å². The zero-order valence-electron chi connectivity index (χ0n) is 11.5. The molecule has 1 aliphatic heterocycles. The zero-order chi connectivity index (χ0) is 12.2. The van der Waals surface area contributed by atoms with Crippen molar-refractivity contribution in [2.45, 2.75) is 26.7 Å². The second-order valence-corrected chi connectivity index (χ2v) is 5.25. The van der Waals surface area contributed by atoms with Crippen molar-refractivity contribution in [3.8, 4) is 0 Å². The summed E-state index contributed by atoms with van der Waals surface area (Å²) in [5.41, 5.74) is 1.64. The molecular formula is C14H26N2Y-2. The van der Waals surface area contributed by atoms with Gasteiger partial charge >= 0.3 is 0 Å². The fraction of sp³-hybridized carbons (Fsp3) is 0.714. The van der Waals surface area contributed by atoms with Gasteiger partial charge in [0.2, 0.25) is 0 Å². The summed E-state index contributed by atoms with van der Waals surface area (Å²) < 4.78 is 0. The van der Waals surface area contributed by atoms with Crippen molar-refractivity contribution < 1.29 is 32.7 Å². The third-order valence-electron chi connectivity index (χ3n) is 3.38. The first kappa shape index (κ1) is 17.6. The van der Waals surface area contributed by atoms with Crippen molar-refractivity contribution in [3.63, 3.8) is 0 Å². The van der Waals surface area contributed by atoms with Crippen LogP contribution in [-0.2, 0) is 32.7 Å². The molecule has 0 spiro atoms. The van der Waals surface area contributed by atoms with E-state index in [0.29, 0.717) is 5.41 Å². The molecule has 1 atom stereocenters. The van der Waals surface area contributed by atoms with E-state index in [1.54, 1.807) is 0 Å². The van der Waals surface area contributed by atoms with Crippen molar-refractivity contribution in [2.24, 2.45) is 5.41 Å². The molecule has 1 fully saturated rings. The smallest absolute Gasteiger partial charge is 0.0244 e. The molecule has 0 saturated carbocycles. The van der Waals surface area contributed by atoms with Crippen LogP contribution in [0.25, 0.3) is 0 Å². The Morgan fingerprint density at radius 1 is 1.41 bits per heavy atom. The Labute approximate surface area is 133 Å². The Hall–Kier alpha value is 0.604. The van der Waals surface area contributed by atoms with E-state index < -0.39 is 0 Å². The van der Waals surface area contributed by atoms with Gasteiger partial charge < -0.3 is 23.6 Å². The molecule has 0 aromatic heterocycles. The third-order valence-corrected chi connectivity index (χ3v) is 3.38. The molecule has 0 aromatic carbocycles. The van der Waals surface area contributed by atoms with Crippen molar-refractivity contribution in [1.82, 2.24) is 9.80 Å². The molecule has 0 aromatic rings. The summed E-state index contributed by atoms with van der Waals surface area (Å²) in [7, 11) is 0. The Kier molecular flexibility index (Phi) is 8.19. The fourth-order valence-electron chi connectivity index (χ4n) is 2.66. The number of nitrogens with zero attached hydrogens (tertiary/aromatic N) is 2. The van der Waals surface area contributed by atoms with E-state index in [1.807, 2.05) is 0 Å². The summed E-state index contributed by atoms with van der Waals surface area (Å²) in [6.07, 6.45) is 2.31. The molecular weight excluding hydrogens is 285 g/mol. The molecule has 0 bridgehead atoms. The summed E-state index contributed by atoms with van der Waals surface area (Å²) >= 11 is 0. The van der Waals surface area contributed by atoms with Crippen LogP contribution in [0, 0.1) is 19.3 Å². The van der Waals surface area contributed by atoms with Crippen molar-refractivity contribution in [1.29, 1.82) is 0 Å². The van der Waals surface area contributed by atoms with Gasteiger partial charge in [0.1, 0.15) is 0 Å². The summed E-state index contributed by atoms with van der Waals surface area (Å²) in [5, 5.41) is 0. The molecule has 1 unspecified atom stereocenters. The predicted octanol–water partition coefficient (Wildman–Crippen LogP) is 2.59. The first-order valence-corrected chi connectivity index (χ1v) is 6.28. The van der Waals surface area contributed by atoms with E-state index in [-0.39, 0.29) is 32.7 Å². The molecule has 0 amide bonds. The van der Waals surface area contributed by atoms with E-state index in [4.69, 9.17) is 0 Å². The van der Waals surface area contributed by atoms with Crippen molar-refractivity contribution >= 4 is 0 Å². The van der Waals surface area contributed by atoms with Gasteiger partial charge in [0.15, 0.2) is 0 Å². The number of rotatable bonds is 6.